The molecule has 0 unspecified atom stereocenters. The average molecular weight is 138 g/mol. The minimum atomic E-state index is -0.0278. The highest BCUT2D eigenvalue weighted by Crippen LogP contribution is 2.24. The molecule has 0 aromatic carbocycles. The summed E-state index contributed by atoms with van der Waals surface area (Å²) in [4.78, 5) is 13.6. The Labute approximate surface area is 59.7 Å². The topological polar surface area (TPSA) is 53.5 Å². The molecule has 0 radical (unpaired) electrons. The van der Waals surface area contributed by atoms with Crippen LogP contribution < -0.4 is 0 Å². The number of ketones is 1. The zero-order chi connectivity index (χ0) is 7.40. The monoisotopic (exact) mass is 138 g/mol. The van der Waals surface area contributed by atoms with Crippen LogP contribution in [0.4, 0.5) is 0 Å². The smallest absolute Gasteiger partial charge is 0.323 e. The van der Waals surface area contributed by atoms with Crippen LogP contribution in [0.1, 0.15) is 25.7 Å². The maximum Gasteiger partial charge on any atom is 0.323 e. The molecule has 3 heteroatoms. The van der Waals surface area contributed by atoms with Crippen LogP contribution in [-0.4, -0.2) is 16.8 Å². The number of rotatable bonds is 2. The highest BCUT2D eigenvalue weighted by Gasteiger charge is 2.23. The number of carbonyl (C=O) groups excluding carboxylic acids is 1. The molecule has 0 aromatic rings. The molecular formula is C7H10N2O. The van der Waals surface area contributed by atoms with Crippen molar-refractivity contribution in [2.24, 2.45) is 5.92 Å². The van der Waals surface area contributed by atoms with Gasteiger partial charge < -0.3 is 5.53 Å². The third-order valence-corrected chi connectivity index (χ3v) is 1.94. The molecule has 54 valence electrons. The first-order valence-corrected chi connectivity index (χ1v) is 3.56. The summed E-state index contributed by atoms with van der Waals surface area (Å²) < 4.78 is 0. The van der Waals surface area contributed by atoms with Gasteiger partial charge in [-0.1, -0.05) is 12.8 Å². The Balaban J connectivity index is 2.47. The maximum absolute atomic E-state index is 10.9. The highest BCUT2D eigenvalue weighted by molar-refractivity contribution is 6.26. The molecule has 0 heterocycles. The summed E-state index contributed by atoms with van der Waals surface area (Å²) in [6.07, 6.45) is 5.21. The van der Waals surface area contributed by atoms with Gasteiger partial charge in [-0.3, -0.25) is 4.79 Å². The minimum Gasteiger partial charge on any atom is -0.361 e. The minimum absolute atomic E-state index is 0.0278. The molecule has 0 saturated heterocycles. The number of Topliss-reactive ketones (excluding diaryl/α,β-unsaturated/α-hetero) is 1. The van der Waals surface area contributed by atoms with Gasteiger partial charge in [0.05, 0.1) is 0 Å². The van der Waals surface area contributed by atoms with E-state index in [1.165, 1.54) is 0 Å². The molecular weight excluding hydrogens is 128 g/mol. The van der Waals surface area contributed by atoms with Crippen molar-refractivity contribution in [2.75, 3.05) is 0 Å². The van der Waals surface area contributed by atoms with Crippen molar-refractivity contribution < 1.29 is 9.58 Å². The van der Waals surface area contributed by atoms with Gasteiger partial charge in [-0.25, -0.2) is 0 Å². The summed E-state index contributed by atoms with van der Waals surface area (Å²) in [5, 5.41) is 0. The van der Waals surface area contributed by atoms with Crippen molar-refractivity contribution in [1.29, 1.82) is 0 Å². The molecule has 0 bridgehead atoms. The predicted molar refractivity (Wildman–Crippen MR) is 36.6 cm³/mol. The second kappa shape index (κ2) is 3.28. The molecule has 0 aromatic heterocycles. The molecule has 3 nitrogen and oxygen atoms in total. The molecule has 1 rings (SSSR count). The first-order chi connectivity index (χ1) is 4.84. The fourth-order valence-electron chi connectivity index (χ4n) is 1.37. The van der Waals surface area contributed by atoms with Crippen LogP contribution in [-0.2, 0) is 4.79 Å². The molecule has 1 fully saturated rings. The number of carbonyl (C=O) groups is 1. The van der Waals surface area contributed by atoms with Crippen molar-refractivity contribution in [2.45, 2.75) is 25.7 Å². The number of hydrogen-bond acceptors (Lipinski definition) is 1. The predicted octanol–water partition coefficient (Wildman–Crippen LogP) is 1.05. The van der Waals surface area contributed by atoms with Gasteiger partial charge in [0.15, 0.2) is 0 Å². The van der Waals surface area contributed by atoms with E-state index in [2.05, 4.69) is 4.79 Å². The van der Waals surface area contributed by atoms with Gasteiger partial charge in [0.25, 0.3) is 0 Å². The molecule has 0 amide bonds. The third kappa shape index (κ3) is 1.52. The van der Waals surface area contributed by atoms with Gasteiger partial charge in [0.2, 0.25) is 5.78 Å². The van der Waals surface area contributed by atoms with Gasteiger partial charge in [0, 0.05) is 5.92 Å². The van der Waals surface area contributed by atoms with E-state index in [0.29, 0.717) is 0 Å². The van der Waals surface area contributed by atoms with E-state index >= 15 is 0 Å². The van der Waals surface area contributed by atoms with E-state index < -0.39 is 0 Å². The first kappa shape index (κ1) is 7.16. The van der Waals surface area contributed by atoms with Crippen LogP contribution >= 0.6 is 0 Å². The lowest BCUT2D eigenvalue weighted by atomic mass is 10.0. The van der Waals surface area contributed by atoms with Gasteiger partial charge in [-0.2, -0.15) is 4.79 Å². The summed E-state index contributed by atoms with van der Waals surface area (Å²) in [5.41, 5.74) is 8.05. The van der Waals surface area contributed by atoms with E-state index in [-0.39, 0.29) is 11.7 Å². The van der Waals surface area contributed by atoms with Crippen LogP contribution in [0.3, 0.4) is 0 Å². The van der Waals surface area contributed by atoms with Gasteiger partial charge in [0.1, 0.15) is 0 Å². The summed E-state index contributed by atoms with van der Waals surface area (Å²) in [6, 6.07) is 0. The molecule has 0 spiro atoms. The van der Waals surface area contributed by atoms with E-state index in [9.17, 15) is 4.79 Å². The zero-order valence-electron chi connectivity index (χ0n) is 5.79. The Kier molecular flexibility index (Phi) is 2.35. The first-order valence-electron chi connectivity index (χ1n) is 3.56. The van der Waals surface area contributed by atoms with E-state index in [0.717, 1.165) is 31.9 Å². The quantitative estimate of drug-likeness (QED) is 0.319. The van der Waals surface area contributed by atoms with Crippen molar-refractivity contribution >= 4 is 12.0 Å². The Morgan fingerprint density at radius 3 is 2.60 bits per heavy atom. The lowest BCUT2D eigenvalue weighted by molar-refractivity contribution is -0.119. The third-order valence-electron chi connectivity index (χ3n) is 1.94. The maximum atomic E-state index is 10.9. The SMILES string of the molecule is [N-]=[N+]=CC(=O)C1CCCC1. The Morgan fingerprint density at radius 2 is 2.10 bits per heavy atom. The molecule has 10 heavy (non-hydrogen) atoms. The Morgan fingerprint density at radius 1 is 1.50 bits per heavy atom. The van der Waals surface area contributed by atoms with Crippen molar-refractivity contribution in [1.82, 2.24) is 0 Å². The lowest BCUT2D eigenvalue weighted by Gasteiger charge is -1.96. The van der Waals surface area contributed by atoms with Crippen LogP contribution in [0, 0.1) is 5.92 Å². The van der Waals surface area contributed by atoms with Crippen LogP contribution in [0.2, 0.25) is 0 Å². The fourth-order valence-corrected chi connectivity index (χ4v) is 1.37. The van der Waals surface area contributed by atoms with Crippen LogP contribution in [0.15, 0.2) is 0 Å². The van der Waals surface area contributed by atoms with Crippen molar-refractivity contribution in [3.05, 3.63) is 5.53 Å². The summed E-state index contributed by atoms with van der Waals surface area (Å²) >= 11 is 0. The molecule has 0 N–H and O–H groups in total. The summed E-state index contributed by atoms with van der Waals surface area (Å²) in [7, 11) is 0. The largest absolute Gasteiger partial charge is 0.361 e. The molecule has 0 atom stereocenters. The van der Waals surface area contributed by atoms with Gasteiger partial charge in [-0.15, -0.1) is 0 Å². The Hall–Kier alpha value is -0.950. The second-order valence-corrected chi connectivity index (χ2v) is 2.63. The van der Waals surface area contributed by atoms with Crippen LogP contribution in [0.25, 0.3) is 5.53 Å². The normalized spacial score (nSPS) is 18.4. The summed E-state index contributed by atoms with van der Waals surface area (Å²) in [5.74, 6) is 0.107. The zero-order valence-corrected chi connectivity index (χ0v) is 5.79. The van der Waals surface area contributed by atoms with Crippen molar-refractivity contribution in [3.8, 4) is 0 Å². The molecule has 1 aliphatic carbocycles. The van der Waals surface area contributed by atoms with E-state index in [1.54, 1.807) is 0 Å². The number of nitrogens with zero attached hydrogens (tertiary/aromatic N) is 2. The van der Waals surface area contributed by atoms with E-state index in [4.69, 9.17) is 5.53 Å². The standard InChI is InChI=1S/C7H10N2O/c8-9-5-7(10)6-3-1-2-4-6/h5-6H,1-4H2. The molecule has 1 aliphatic rings. The average Bonchev–Trinajstić information content (AvgIpc) is 2.38. The Bertz CT molecular complexity index is 176. The lowest BCUT2D eigenvalue weighted by Crippen LogP contribution is -2.11. The molecule has 1 saturated carbocycles. The van der Waals surface area contributed by atoms with Crippen molar-refractivity contribution in [3.63, 3.8) is 0 Å². The highest BCUT2D eigenvalue weighted by atomic mass is 16.1. The van der Waals surface area contributed by atoms with Gasteiger partial charge >= 0.3 is 6.21 Å². The van der Waals surface area contributed by atoms with Crippen LogP contribution in [0.5, 0.6) is 0 Å². The fraction of sp³-hybridized carbons (Fsp3) is 0.714. The molecule has 0 aliphatic heterocycles. The van der Waals surface area contributed by atoms with Gasteiger partial charge in [-0.05, 0) is 12.8 Å². The number of hydrogen-bond donors (Lipinski definition) is 0. The second-order valence-electron chi connectivity index (χ2n) is 2.63. The van der Waals surface area contributed by atoms with E-state index in [1.807, 2.05) is 0 Å². The summed E-state index contributed by atoms with van der Waals surface area (Å²) in [6.45, 7) is 0.